The zero-order valence-corrected chi connectivity index (χ0v) is 9.51. The van der Waals surface area contributed by atoms with Crippen molar-refractivity contribution in [2.75, 3.05) is 7.11 Å². The fourth-order valence-electron chi connectivity index (χ4n) is 2.13. The van der Waals surface area contributed by atoms with Crippen molar-refractivity contribution >= 4 is 0 Å². The van der Waals surface area contributed by atoms with Crippen LogP contribution in [0.25, 0.3) is 0 Å². The van der Waals surface area contributed by atoms with Crippen molar-refractivity contribution in [1.29, 1.82) is 0 Å². The third kappa shape index (κ3) is 2.82. The van der Waals surface area contributed by atoms with Crippen LogP contribution in [0, 0.1) is 0 Å². The molecule has 1 aliphatic rings. The Bertz CT molecular complexity index is 191. The van der Waals surface area contributed by atoms with Crippen LogP contribution in [0.3, 0.4) is 0 Å². The molecule has 0 radical (unpaired) electrons. The van der Waals surface area contributed by atoms with Gasteiger partial charge in [-0.25, -0.2) is 0 Å². The first-order chi connectivity index (χ1) is 6.62. The lowest BCUT2D eigenvalue weighted by molar-refractivity contribution is -0.0813. The van der Waals surface area contributed by atoms with E-state index in [1.165, 1.54) is 24.8 Å². The van der Waals surface area contributed by atoms with Crippen LogP contribution in [0.5, 0.6) is 0 Å². The standard InChI is InChI=1S/C12H23NO/c1-4-10(2)8-11(13)9-12(14-3)6-5-7-12/h11H,2,4-9,13H2,1,3H3. The zero-order valence-electron chi connectivity index (χ0n) is 9.51. The maximum Gasteiger partial charge on any atom is 0.0693 e. The van der Waals surface area contributed by atoms with Gasteiger partial charge in [0.2, 0.25) is 0 Å². The lowest BCUT2D eigenvalue weighted by Gasteiger charge is -2.42. The summed E-state index contributed by atoms with van der Waals surface area (Å²) in [5.41, 5.74) is 7.44. The maximum atomic E-state index is 6.08. The summed E-state index contributed by atoms with van der Waals surface area (Å²) < 4.78 is 5.55. The minimum Gasteiger partial charge on any atom is -0.378 e. The molecule has 82 valence electrons. The Kier molecular flexibility index (Phi) is 4.14. The van der Waals surface area contributed by atoms with Crippen molar-refractivity contribution in [2.24, 2.45) is 5.73 Å². The van der Waals surface area contributed by atoms with Crippen LogP contribution in [-0.4, -0.2) is 18.8 Å². The fourth-order valence-corrected chi connectivity index (χ4v) is 2.13. The lowest BCUT2D eigenvalue weighted by atomic mass is 9.75. The van der Waals surface area contributed by atoms with Gasteiger partial charge in [-0.05, 0) is 38.5 Å². The molecule has 0 spiro atoms. The number of methoxy groups -OCH3 is 1. The third-order valence-corrected chi connectivity index (χ3v) is 3.38. The van der Waals surface area contributed by atoms with E-state index in [0.29, 0.717) is 0 Å². The van der Waals surface area contributed by atoms with Crippen molar-refractivity contribution in [1.82, 2.24) is 0 Å². The van der Waals surface area contributed by atoms with Crippen molar-refractivity contribution in [3.05, 3.63) is 12.2 Å². The number of hydrogen-bond donors (Lipinski definition) is 1. The Morgan fingerprint density at radius 2 is 2.21 bits per heavy atom. The summed E-state index contributed by atoms with van der Waals surface area (Å²) in [4.78, 5) is 0. The van der Waals surface area contributed by atoms with Gasteiger partial charge in [0.05, 0.1) is 5.60 Å². The van der Waals surface area contributed by atoms with Crippen LogP contribution < -0.4 is 5.73 Å². The Labute approximate surface area is 87.5 Å². The van der Waals surface area contributed by atoms with Crippen LogP contribution in [0.15, 0.2) is 12.2 Å². The summed E-state index contributed by atoms with van der Waals surface area (Å²) in [6.07, 6.45) is 6.61. The molecule has 1 atom stereocenters. The predicted molar refractivity (Wildman–Crippen MR) is 60.2 cm³/mol. The van der Waals surface area contributed by atoms with E-state index in [1.807, 2.05) is 0 Å². The summed E-state index contributed by atoms with van der Waals surface area (Å²) in [6.45, 7) is 6.12. The van der Waals surface area contributed by atoms with Gasteiger partial charge in [-0.3, -0.25) is 0 Å². The predicted octanol–water partition coefficient (Wildman–Crippen LogP) is 2.63. The van der Waals surface area contributed by atoms with Gasteiger partial charge in [0, 0.05) is 13.2 Å². The molecule has 0 aromatic rings. The molecule has 2 heteroatoms. The van der Waals surface area contributed by atoms with Crippen molar-refractivity contribution in [3.8, 4) is 0 Å². The van der Waals surface area contributed by atoms with Crippen LogP contribution >= 0.6 is 0 Å². The largest absolute Gasteiger partial charge is 0.378 e. The van der Waals surface area contributed by atoms with Gasteiger partial charge in [-0.1, -0.05) is 19.1 Å². The highest BCUT2D eigenvalue weighted by Gasteiger charge is 2.38. The molecule has 0 saturated heterocycles. The molecule has 0 aromatic heterocycles. The highest BCUT2D eigenvalue weighted by atomic mass is 16.5. The molecule has 0 aromatic carbocycles. The Hall–Kier alpha value is -0.340. The summed E-state index contributed by atoms with van der Waals surface area (Å²) >= 11 is 0. The number of nitrogens with two attached hydrogens (primary N) is 1. The van der Waals surface area contributed by atoms with Gasteiger partial charge in [-0.2, -0.15) is 0 Å². The van der Waals surface area contributed by atoms with Crippen LogP contribution in [0.2, 0.25) is 0 Å². The number of hydrogen-bond acceptors (Lipinski definition) is 2. The molecule has 2 N–H and O–H groups in total. The van der Waals surface area contributed by atoms with Crippen LogP contribution in [-0.2, 0) is 4.74 Å². The molecular weight excluding hydrogens is 174 g/mol. The molecule has 1 unspecified atom stereocenters. The maximum absolute atomic E-state index is 6.08. The van der Waals surface area contributed by atoms with Gasteiger partial charge < -0.3 is 10.5 Å². The van der Waals surface area contributed by atoms with E-state index >= 15 is 0 Å². The van der Waals surface area contributed by atoms with Crippen molar-refractivity contribution < 1.29 is 4.74 Å². The molecule has 0 aliphatic heterocycles. The summed E-state index contributed by atoms with van der Waals surface area (Å²) in [5, 5.41) is 0. The monoisotopic (exact) mass is 197 g/mol. The molecule has 1 fully saturated rings. The second-order valence-electron chi connectivity index (χ2n) is 4.51. The average molecular weight is 197 g/mol. The third-order valence-electron chi connectivity index (χ3n) is 3.38. The quantitative estimate of drug-likeness (QED) is 0.664. The summed E-state index contributed by atoms with van der Waals surface area (Å²) in [5.74, 6) is 0. The van der Waals surface area contributed by atoms with Gasteiger partial charge in [0.25, 0.3) is 0 Å². The minimum absolute atomic E-state index is 0.105. The van der Waals surface area contributed by atoms with E-state index in [4.69, 9.17) is 10.5 Å². The van der Waals surface area contributed by atoms with E-state index in [9.17, 15) is 0 Å². The molecule has 1 rings (SSSR count). The Balaban J connectivity index is 2.31. The fraction of sp³-hybridized carbons (Fsp3) is 0.833. The summed E-state index contributed by atoms with van der Waals surface area (Å²) in [7, 11) is 1.81. The second-order valence-corrected chi connectivity index (χ2v) is 4.51. The normalized spacial score (nSPS) is 21.4. The van der Waals surface area contributed by atoms with Crippen LogP contribution in [0.1, 0.15) is 45.4 Å². The van der Waals surface area contributed by atoms with Crippen LogP contribution in [0.4, 0.5) is 0 Å². The smallest absolute Gasteiger partial charge is 0.0693 e. The number of ether oxygens (including phenoxy) is 1. The molecule has 2 nitrogen and oxygen atoms in total. The first kappa shape index (κ1) is 11.7. The molecule has 0 bridgehead atoms. The first-order valence-corrected chi connectivity index (χ1v) is 5.59. The second kappa shape index (κ2) is 4.94. The van der Waals surface area contributed by atoms with Gasteiger partial charge >= 0.3 is 0 Å². The molecule has 1 aliphatic carbocycles. The number of rotatable bonds is 6. The minimum atomic E-state index is 0.105. The Morgan fingerprint density at radius 1 is 1.57 bits per heavy atom. The zero-order chi connectivity index (χ0) is 10.6. The average Bonchev–Trinajstić information content (AvgIpc) is 2.11. The highest BCUT2D eigenvalue weighted by Crippen LogP contribution is 2.39. The molecule has 14 heavy (non-hydrogen) atoms. The van der Waals surface area contributed by atoms with Crippen molar-refractivity contribution in [2.45, 2.75) is 57.1 Å². The van der Waals surface area contributed by atoms with Gasteiger partial charge in [0.15, 0.2) is 0 Å². The topological polar surface area (TPSA) is 35.2 Å². The van der Waals surface area contributed by atoms with E-state index in [0.717, 1.165) is 19.3 Å². The molecule has 0 heterocycles. The van der Waals surface area contributed by atoms with Crippen molar-refractivity contribution in [3.63, 3.8) is 0 Å². The summed E-state index contributed by atoms with van der Waals surface area (Å²) in [6, 6.07) is 0.225. The molecular formula is C12H23NO. The first-order valence-electron chi connectivity index (χ1n) is 5.59. The molecule has 0 amide bonds. The van der Waals surface area contributed by atoms with E-state index in [2.05, 4.69) is 13.5 Å². The van der Waals surface area contributed by atoms with E-state index in [-0.39, 0.29) is 11.6 Å². The molecule has 1 saturated carbocycles. The van der Waals surface area contributed by atoms with E-state index < -0.39 is 0 Å². The van der Waals surface area contributed by atoms with Gasteiger partial charge in [-0.15, -0.1) is 0 Å². The van der Waals surface area contributed by atoms with Gasteiger partial charge in [0.1, 0.15) is 0 Å². The lowest BCUT2D eigenvalue weighted by Crippen LogP contribution is -2.44. The SMILES string of the molecule is C=C(CC)CC(N)CC1(OC)CCC1. The Morgan fingerprint density at radius 3 is 2.57 bits per heavy atom. The van der Waals surface area contributed by atoms with E-state index in [1.54, 1.807) is 7.11 Å². The highest BCUT2D eigenvalue weighted by molar-refractivity contribution is 4.99.